The number of esters is 2. The molecule has 0 aliphatic carbocycles. The molecular formula is C63H91ClN4O17. The van der Waals surface area contributed by atoms with Crippen molar-refractivity contribution < 1.29 is 81.4 Å². The molecule has 472 valence electrons. The molecule has 21 nitrogen and oxygen atoms in total. The molecule has 0 spiro atoms. The molecule has 2 aliphatic rings. The van der Waals surface area contributed by atoms with Gasteiger partial charge in [0.25, 0.3) is 0 Å². The maximum absolute atomic E-state index is 14.1. The largest absolute Gasteiger partial charge is 0.481 e. The lowest BCUT2D eigenvalue weighted by Gasteiger charge is -2.29. The van der Waals surface area contributed by atoms with Gasteiger partial charge in [0.1, 0.15) is 24.0 Å². The third-order valence-corrected chi connectivity index (χ3v) is 15.2. The van der Waals surface area contributed by atoms with Crippen LogP contribution in [-0.2, 0) is 89.2 Å². The first-order chi connectivity index (χ1) is 40.4. The van der Waals surface area contributed by atoms with Crippen molar-refractivity contribution in [2.45, 2.75) is 163 Å². The molecule has 2 aliphatic heterocycles. The molecule has 22 heteroatoms. The van der Waals surface area contributed by atoms with Crippen LogP contribution in [0.5, 0.6) is 0 Å². The van der Waals surface area contributed by atoms with Crippen LogP contribution in [0.2, 0.25) is 5.02 Å². The van der Waals surface area contributed by atoms with Crippen molar-refractivity contribution in [2.24, 2.45) is 29.1 Å². The Morgan fingerprint density at radius 2 is 1.47 bits per heavy atom. The molecule has 4 amide bonds. The van der Waals surface area contributed by atoms with Gasteiger partial charge in [-0.15, -0.1) is 0 Å². The molecule has 1 fully saturated rings. The third kappa shape index (κ3) is 26.2. The second kappa shape index (κ2) is 36.8. The Balaban J connectivity index is 1.44. The Hall–Kier alpha value is -6.10. The highest BCUT2D eigenvalue weighted by molar-refractivity contribution is 6.31. The minimum atomic E-state index is -1.28. The molecule has 0 saturated carbocycles. The molecule has 8 atom stereocenters. The predicted molar refractivity (Wildman–Crippen MR) is 316 cm³/mol. The second-order valence-electron chi connectivity index (χ2n) is 23.3. The summed E-state index contributed by atoms with van der Waals surface area (Å²) in [6.07, 6.45) is 0.330. The van der Waals surface area contributed by atoms with Crippen molar-refractivity contribution in [3.63, 3.8) is 0 Å². The number of carboxylic acids is 1. The summed E-state index contributed by atoms with van der Waals surface area (Å²) in [4.78, 5) is 120. The van der Waals surface area contributed by atoms with E-state index in [1.54, 1.807) is 46.9 Å². The number of Topliss-reactive ketones (excluding diaryl/α,β-unsaturated/α-hetero) is 2. The smallest absolute Gasteiger partial charge is 0.347 e. The highest BCUT2D eigenvalue weighted by Gasteiger charge is 2.48. The van der Waals surface area contributed by atoms with Crippen molar-refractivity contribution in [1.29, 1.82) is 0 Å². The van der Waals surface area contributed by atoms with Crippen LogP contribution in [0.4, 0.5) is 0 Å². The number of hydrogen-bond acceptors (Lipinski definition) is 16. The van der Waals surface area contributed by atoms with Gasteiger partial charge in [-0.2, -0.15) is 0 Å². The van der Waals surface area contributed by atoms with Gasteiger partial charge in [0, 0.05) is 82.0 Å². The number of carbonyl (C=O) groups is 9. The zero-order valence-corrected chi connectivity index (χ0v) is 51.7. The van der Waals surface area contributed by atoms with Gasteiger partial charge in [-0.3, -0.25) is 38.4 Å². The average molecular weight is 1210 g/mol. The van der Waals surface area contributed by atoms with E-state index in [4.69, 9.17) is 49.9 Å². The van der Waals surface area contributed by atoms with E-state index in [-0.39, 0.29) is 113 Å². The first-order valence-electron chi connectivity index (χ1n) is 29.6. The number of halogens is 1. The van der Waals surface area contributed by atoms with Crippen LogP contribution in [0.3, 0.4) is 0 Å². The normalized spacial score (nSPS) is 20.7. The summed E-state index contributed by atoms with van der Waals surface area (Å²) in [7, 11) is 1.60. The second-order valence-corrected chi connectivity index (χ2v) is 23.7. The van der Waals surface area contributed by atoms with Crippen molar-refractivity contribution in [3.8, 4) is 0 Å². The number of amides is 4. The van der Waals surface area contributed by atoms with Gasteiger partial charge in [0.05, 0.1) is 63.8 Å². The quantitative estimate of drug-likeness (QED) is 0.0280. The summed E-state index contributed by atoms with van der Waals surface area (Å²) in [6.45, 7) is 17.0. The number of epoxide rings is 1. The summed E-state index contributed by atoms with van der Waals surface area (Å²) in [5, 5.41) is 20.6. The van der Waals surface area contributed by atoms with E-state index in [1.807, 2.05) is 64.1 Å². The monoisotopic (exact) mass is 1210 g/mol. The summed E-state index contributed by atoms with van der Waals surface area (Å²) < 4.78 is 39.6. The van der Waals surface area contributed by atoms with Gasteiger partial charge < -0.3 is 59.5 Å². The van der Waals surface area contributed by atoms with Gasteiger partial charge in [-0.25, -0.2) is 4.79 Å². The lowest BCUT2D eigenvalue weighted by Crippen LogP contribution is -2.51. The maximum atomic E-state index is 14.1. The number of methoxy groups -OCH3 is 1. The Morgan fingerprint density at radius 3 is 2.11 bits per heavy atom. The van der Waals surface area contributed by atoms with E-state index in [9.17, 15) is 43.2 Å². The number of hydrogen-bond donors (Lipinski definition) is 5. The van der Waals surface area contributed by atoms with Gasteiger partial charge >= 0.3 is 17.9 Å². The fourth-order valence-electron chi connectivity index (χ4n) is 9.45. The first-order valence-corrected chi connectivity index (χ1v) is 30.0. The van der Waals surface area contributed by atoms with Crippen LogP contribution in [0.15, 0.2) is 54.6 Å². The third-order valence-electron chi connectivity index (χ3n) is 14.8. The molecule has 5 N–H and O–H groups in total. The van der Waals surface area contributed by atoms with Gasteiger partial charge in [0.15, 0.2) is 11.9 Å². The number of benzene rings is 2. The number of ether oxygens (including phenoxy) is 7. The van der Waals surface area contributed by atoms with Crippen LogP contribution in [0.25, 0.3) is 0 Å². The van der Waals surface area contributed by atoms with Crippen molar-refractivity contribution in [2.75, 3.05) is 66.4 Å². The van der Waals surface area contributed by atoms with Crippen LogP contribution in [-0.4, -0.2) is 155 Å². The average Bonchev–Trinajstić information content (AvgIpc) is 3.88. The number of aliphatic carboxylic acids is 1. The fraction of sp³-hybridized carbons (Fsp3) is 0.635. The van der Waals surface area contributed by atoms with Crippen molar-refractivity contribution in [1.82, 2.24) is 21.3 Å². The molecule has 0 radical (unpaired) electrons. The molecule has 1 saturated heterocycles. The number of ketones is 2. The lowest BCUT2D eigenvalue weighted by molar-refractivity contribution is -0.179. The number of cyclic esters (lactones) is 2. The zero-order chi connectivity index (χ0) is 62.6. The van der Waals surface area contributed by atoms with E-state index in [0.29, 0.717) is 56.6 Å². The molecule has 0 bridgehead atoms. The van der Waals surface area contributed by atoms with Crippen molar-refractivity contribution >= 4 is 64.7 Å². The summed E-state index contributed by atoms with van der Waals surface area (Å²) in [5.74, 6) is -6.65. The van der Waals surface area contributed by atoms with E-state index < -0.39 is 89.4 Å². The van der Waals surface area contributed by atoms with Crippen LogP contribution in [0, 0.1) is 36.0 Å². The molecule has 2 aromatic carbocycles. The summed E-state index contributed by atoms with van der Waals surface area (Å²) in [6, 6.07) is 11.0. The van der Waals surface area contributed by atoms with Crippen LogP contribution in [0.1, 0.15) is 135 Å². The number of carboxylic acid groups (broad SMARTS) is 1. The Kier molecular flexibility index (Phi) is 30.9. The Morgan fingerprint density at radius 1 is 0.812 bits per heavy atom. The molecule has 0 aromatic heterocycles. The topological polar surface area (TPSA) is 290 Å². The molecular weight excluding hydrogens is 1120 g/mol. The summed E-state index contributed by atoms with van der Waals surface area (Å²) in [5.41, 5.74) is 1.94. The minimum absolute atomic E-state index is 0.0404. The number of carbonyl (C=O) groups excluding carboxylic acids is 8. The fourth-order valence-corrected chi connectivity index (χ4v) is 9.65. The molecule has 2 heterocycles. The Labute approximate surface area is 505 Å². The van der Waals surface area contributed by atoms with E-state index in [0.717, 1.165) is 16.7 Å². The molecule has 85 heavy (non-hydrogen) atoms. The SMILES string of the molecule is COCCOCCOCCOCCNC(=O)CC[C@H](CC(=O)[C@@H](NC(=O)CCCC(=O)O)C(C)C)C(=O)CCc1ccc([C@H]2O[C@@H]2[C@@H](C)[C@@H]2C/C=C/C(=O)N[C@H](Cc3ccc(C)c(Cl)c3)C(=O)NCC(C)(C)C(=O)O[C@@H](CC(C)C)C(=O)O2)cc1. The van der Waals surface area contributed by atoms with Gasteiger partial charge in [-0.1, -0.05) is 88.7 Å². The summed E-state index contributed by atoms with van der Waals surface area (Å²) >= 11 is 6.40. The number of aryl methyl sites for hydroxylation is 2. The van der Waals surface area contributed by atoms with Crippen LogP contribution >= 0.6 is 11.6 Å². The predicted octanol–water partition coefficient (Wildman–Crippen LogP) is 6.49. The van der Waals surface area contributed by atoms with E-state index in [1.165, 1.54) is 6.08 Å². The van der Waals surface area contributed by atoms with Gasteiger partial charge in [-0.05, 0) is 92.7 Å². The lowest BCUT2D eigenvalue weighted by atomic mass is 9.85. The maximum Gasteiger partial charge on any atom is 0.347 e. The number of nitrogens with one attached hydrogen (secondary N) is 4. The molecule has 2 aromatic rings. The zero-order valence-electron chi connectivity index (χ0n) is 51.0. The Bertz CT molecular complexity index is 2560. The minimum Gasteiger partial charge on any atom is -0.481 e. The number of rotatable bonds is 35. The van der Waals surface area contributed by atoms with Gasteiger partial charge in [0.2, 0.25) is 23.6 Å². The van der Waals surface area contributed by atoms with Crippen LogP contribution < -0.4 is 21.3 Å². The van der Waals surface area contributed by atoms with Crippen molar-refractivity contribution in [3.05, 3.63) is 81.9 Å². The highest BCUT2D eigenvalue weighted by Crippen LogP contribution is 2.45. The van der Waals surface area contributed by atoms with E-state index >= 15 is 0 Å². The standard InChI is InChI=1S/C63H91ClN4O17/c1-39(2)34-52-61(77)83-51(12-10-13-54(72)67-48(36-44-17-16-41(5)47(64)35-44)60(76)66-38-63(7,8)62(78)84-52)42(6)58-59(85-58)45-21-18-43(19-22-45)20-24-49(69)46(37-50(70)57(40(3)4)68-55(73)14-11-15-56(74)75)23-25-53(71)65-26-27-80-30-31-82-33-32-81-29-28-79-9/h10,13,16-19,21-22,35,39-40,42,46,48,51-52,57-59H,11-12,14-15,20,23-34,36-38H2,1-9H3,(H,65,71)(H,66,76)(H,67,72)(H,68,73)(H,74,75)/b13-10+/t42-,46+,48+,51-,52-,57-,58+,59+/m0/s1. The molecule has 4 rings (SSSR count). The molecule has 0 unspecified atom stereocenters. The highest BCUT2D eigenvalue weighted by atomic mass is 35.5. The first kappa shape index (κ1) is 71.4. The van der Waals surface area contributed by atoms with E-state index in [2.05, 4.69) is 21.3 Å².